The molecule has 0 radical (unpaired) electrons. The first-order valence-electron chi connectivity index (χ1n) is 8.17. The molecule has 1 atom stereocenters. The normalized spacial score (nSPS) is 18.9. The number of nitrogens with zero attached hydrogens (tertiary/aromatic N) is 1. The molecule has 1 heterocycles. The van der Waals surface area contributed by atoms with Crippen LogP contribution in [-0.2, 0) is 9.59 Å². The van der Waals surface area contributed by atoms with Gasteiger partial charge in [0.1, 0.15) is 5.70 Å². The van der Waals surface area contributed by atoms with Crippen molar-refractivity contribution in [2.45, 2.75) is 44.4 Å². The largest absolute Gasteiger partial charge is 0.477 e. The van der Waals surface area contributed by atoms with Crippen molar-refractivity contribution in [1.29, 1.82) is 0 Å². The molecule has 24 heavy (non-hydrogen) atoms. The number of unbranched alkanes of at least 4 members (excludes halogenated alkanes) is 2. The molecule has 6 heteroatoms. The highest BCUT2D eigenvalue weighted by molar-refractivity contribution is 7.99. The topological polar surface area (TPSA) is 79.3 Å². The van der Waals surface area contributed by atoms with Crippen LogP contribution in [0.25, 0.3) is 0 Å². The fourth-order valence-corrected chi connectivity index (χ4v) is 3.34. The molecule has 2 rings (SSSR count). The van der Waals surface area contributed by atoms with Gasteiger partial charge in [-0.25, -0.2) is 4.79 Å². The molecule has 1 saturated carbocycles. The van der Waals surface area contributed by atoms with Gasteiger partial charge in [-0.1, -0.05) is 19.9 Å². The standard InChI is InChI=1S/C18H24N2O3S/c1-18(2)12-14(18)16(21)20-15(17(22)23)6-4-3-5-11-24-13-7-9-19-10-8-13/h6-10,14H,3-5,11-12H2,1-2H3,(H,20,21)(H,22,23)/b15-6-. The minimum absolute atomic E-state index is 0.00211. The number of hydrogen-bond acceptors (Lipinski definition) is 4. The Morgan fingerprint density at radius 1 is 1.38 bits per heavy atom. The SMILES string of the molecule is CC1(C)CC1C(=O)N/C(=C\CCCCSc1ccncc1)C(=O)O. The van der Waals surface area contributed by atoms with Crippen molar-refractivity contribution in [3.8, 4) is 0 Å². The van der Waals surface area contributed by atoms with Gasteiger partial charge >= 0.3 is 5.97 Å². The van der Waals surface area contributed by atoms with E-state index in [1.54, 1.807) is 30.2 Å². The van der Waals surface area contributed by atoms with Gasteiger partial charge in [-0.05, 0) is 49.0 Å². The highest BCUT2D eigenvalue weighted by Gasteiger charge is 2.50. The first kappa shape index (κ1) is 18.5. The average Bonchev–Trinajstić information content (AvgIpc) is 3.19. The Morgan fingerprint density at radius 3 is 2.62 bits per heavy atom. The summed E-state index contributed by atoms with van der Waals surface area (Å²) in [5.41, 5.74) is 0.00205. The number of carbonyl (C=O) groups excluding carboxylic acids is 1. The smallest absolute Gasteiger partial charge is 0.352 e. The van der Waals surface area contributed by atoms with E-state index in [-0.39, 0.29) is 22.9 Å². The fourth-order valence-electron chi connectivity index (χ4n) is 2.44. The summed E-state index contributed by atoms with van der Waals surface area (Å²) >= 11 is 1.76. The van der Waals surface area contributed by atoms with Gasteiger partial charge in [-0.3, -0.25) is 9.78 Å². The molecule has 1 amide bonds. The maximum Gasteiger partial charge on any atom is 0.352 e. The average molecular weight is 348 g/mol. The van der Waals surface area contributed by atoms with Gasteiger partial charge in [-0.2, -0.15) is 0 Å². The second kappa shape index (κ2) is 8.33. The number of carboxylic acids is 1. The number of carbonyl (C=O) groups is 2. The Kier molecular flexibility index (Phi) is 6.43. The summed E-state index contributed by atoms with van der Waals surface area (Å²) in [4.78, 5) is 28.4. The molecule has 0 saturated heterocycles. The fraction of sp³-hybridized carbons (Fsp3) is 0.500. The number of thioether (sulfide) groups is 1. The van der Waals surface area contributed by atoms with E-state index in [0.717, 1.165) is 25.0 Å². The molecule has 2 N–H and O–H groups in total. The molecule has 1 aliphatic carbocycles. The molecule has 1 unspecified atom stereocenters. The molecule has 0 spiro atoms. The lowest BCUT2D eigenvalue weighted by atomic mass is 10.1. The molecule has 130 valence electrons. The lowest BCUT2D eigenvalue weighted by Gasteiger charge is -2.07. The van der Waals surface area contributed by atoms with Crippen LogP contribution >= 0.6 is 11.8 Å². The summed E-state index contributed by atoms with van der Waals surface area (Å²) in [5, 5.41) is 11.8. The number of amides is 1. The van der Waals surface area contributed by atoms with E-state index in [1.807, 2.05) is 26.0 Å². The number of carboxylic acid groups (broad SMARTS) is 1. The van der Waals surface area contributed by atoms with Crippen molar-refractivity contribution in [3.05, 3.63) is 36.3 Å². The zero-order valence-electron chi connectivity index (χ0n) is 14.1. The van der Waals surface area contributed by atoms with Gasteiger partial charge in [0.05, 0.1) is 0 Å². The molecule has 1 aromatic heterocycles. The Morgan fingerprint density at radius 2 is 2.04 bits per heavy atom. The van der Waals surface area contributed by atoms with E-state index in [4.69, 9.17) is 0 Å². The predicted octanol–water partition coefficient (Wildman–Crippen LogP) is 3.47. The van der Waals surface area contributed by atoms with Gasteiger partial charge in [-0.15, -0.1) is 11.8 Å². The number of hydrogen-bond donors (Lipinski definition) is 2. The van der Waals surface area contributed by atoms with Gasteiger partial charge in [0.15, 0.2) is 0 Å². The monoisotopic (exact) mass is 348 g/mol. The molecule has 0 bridgehead atoms. The molecule has 1 fully saturated rings. The first-order chi connectivity index (χ1) is 11.4. The quantitative estimate of drug-likeness (QED) is 0.406. The Balaban J connectivity index is 1.69. The van der Waals surface area contributed by atoms with E-state index in [0.29, 0.717) is 6.42 Å². The minimum atomic E-state index is -1.08. The van der Waals surface area contributed by atoms with Crippen molar-refractivity contribution < 1.29 is 14.7 Å². The highest BCUT2D eigenvalue weighted by Crippen LogP contribution is 2.51. The van der Waals surface area contributed by atoms with Crippen LogP contribution in [0.15, 0.2) is 41.2 Å². The molecular formula is C18H24N2O3S. The molecule has 0 aromatic carbocycles. The zero-order valence-corrected chi connectivity index (χ0v) is 14.9. The van der Waals surface area contributed by atoms with E-state index in [1.165, 1.54) is 4.90 Å². The Bertz CT molecular complexity index is 614. The second-order valence-electron chi connectivity index (χ2n) is 6.68. The first-order valence-corrected chi connectivity index (χ1v) is 9.16. The number of aromatic nitrogens is 1. The minimum Gasteiger partial charge on any atom is -0.477 e. The Labute approximate surface area is 146 Å². The lowest BCUT2D eigenvalue weighted by Crippen LogP contribution is -2.29. The van der Waals surface area contributed by atoms with Crippen LogP contribution in [0.5, 0.6) is 0 Å². The van der Waals surface area contributed by atoms with Crippen LogP contribution in [-0.4, -0.2) is 27.7 Å². The predicted molar refractivity (Wildman–Crippen MR) is 94.6 cm³/mol. The summed E-state index contributed by atoms with van der Waals surface area (Å²) < 4.78 is 0. The van der Waals surface area contributed by atoms with E-state index in [9.17, 15) is 14.7 Å². The van der Waals surface area contributed by atoms with Gasteiger partial charge in [0, 0.05) is 23.2 Å². The van der Waals surface area contributed by atoms with Crippen LogP contribution in [0.3, 0.4) is 0 Å². The van der Waals surface area contributed by atoms with E-state index < -0.39 is 5.97 Å². The van der Waals surface area contributed by atoms with Crippen molar-refractivity contribution in [2.24, 2.45) is 11.3 Å². The lowest BCUT2D eigenvalue weighted by molar-refractivity contribution is -0.135. The molecule has 1 aromatic rings. The third-order valence-electron chi connectivity index (χ3n) is 4.18. The van der Waals surface area contributed by atoms with Crippen molar-refractivity contribution in [2.75, 3.05) is 5.75 Å². The summed E-state index contributed by atoms with van der Waals surface area (Å²) in [5.74, 6) is -0.352. The summed E-state index contributed by atoms with van der Waals surface area (Å²) in [6.07, 6.45) is 8.50. The molecular weight excluding hydrogens is 324 g/mol. The van der Waals surface area contributed by atoms with Crippen molar-refractivity contribution in [1.82, 2.24) is 10.3 Å². The maximum atomic E-state index is 12.0. The van der Waals surface area contributed by atoms with Crippen LogP contribution < -0.4 is 5.32 Å². The van der Waals surface area contributed by atoms with Gasteiger partial charge in [0.25, 0.3) is 0 Å². The molecule has 0 aliphatic heterocycles. The summed E-state index contributed by atoms with van der Waals surface area (Å²) in [7, 11) is 0. The van der Waals surface area contributed by atoms with Crippen LogP contribution in [0.1, 0.15) is 39.5 Å². The maximum absolute atomic E-state index is 12.0. The number of aliphatic carboxylic acids is 1. The Hall–Kier alpha value is -1.82. The third kappa shape index (κ3) is 5.67. The number of rotatable bonds is 9. The summed E-state index contributed by atoms with van der Waals surface area (Å²) in [6.45, 7) is 4.03. The van der Waals surface area contributed by atoms with Crippen LogP contribution in [0.4, 0.5) is 0 Å². The van der Waals surface area contributed by atoms with Gasteiger partial charge < -0.3 is 10.4 Å². The number of pyridine rings is 1. The highest BCUT2D eigenvalue weighted by atomic mass is 32.2. The van der Waals surface area contributed by atoms with Crippen molar-refractivity contribution in [3.63, 3.8) is 0 Å². The third-order valence-corrected chi connectivity index (χ3v) is 5.28. The van der Waals surface area contributed by atoms with Gasteiger partial charge in [0.2, 0.25) is 5.91 Å². The molecule has 1 aliphatic rings. The summed E-state index contributed by atoms with van der Waals surface area (Å²) in [6, 6.07) is 3.95. The number of nitrogens with one attached hydrogen (secondary N) is 1. The van der Waals surface area contributed by atoms with E-state index >= 15 is 0 Å². The zero-order chi connectivity index (χ0) is 17.6. The van der Waals surface area contributed by atoms with E-state index in [2.05, 4.69) is 10.3 Å². The van der Waals surface area contributed by atoms with Crippen LogP contribution in [0.2, 0.25) is 0 Å². The second-order valence-corrected chi connectivity index (χ2v) is 7.85. The number of allylic oxidation sites excluding steroid dienone is 1. The molecule has 5 nitrogen and oxygen atoms in total. The van der Waals surface area contributed by atoms with Crippen LogP contribution in [0, 0.1) is 11.3 Å². The van der Waals surface area contributed by atoms with Crippen molar-refractivity contribution >= 4 is 23.6 Å².